The van der Waals surface area contributed by atoms with Gasteiger partial charge >= 0.3 is 0 Å². The van der Waals surface area contributed by atoms with Crippen molar-refractivity contribution in [2.24, 2.45) is 5.41 Å². The first-order valence-electron chi connectivity index (χ1n) is 7.58. The van der Waals surface area contributed by atoms with Gasteiger partial charge in [0.25, 0.3) is 0 Å². The van der Waals surface area contributed by atoms with E-state index in [-0.39, 0.29) is 18.2 Å². The Morgan fingerprint density at radius 2 is 1.86 bits per heavy atom. The zero-order chi connectivity index (χ0) is 16.6. The molecule has 122 valence electrons. The van der Waals surface area contributed by atoms with E-state index in [1.807, 2.05) is 52.0 Å². The van der Waals surface area contributed by atoms with Crippen molar-refractivity contribution in [3.05, 3.63) is 29.8 Å². The van der Waals surface area contributed by atoms with Crippen molar-refractivity contribution < 1.29 is 14.3 Å². The van der Waals surface area contributed by atoms with E-state index in [1.165, 1.54) is 0 Å². The smallest absolute Gasteiger partial charge is 0.226 e. The van der Waals surface area contributed by atoms with E-state index in [0.29, 0.717) is 19.8 Å². The summed E-state index contributed by atoms with van der Waals surface area (Å²) in [5, 5.41) is 5.63. The first-order chi connectivity index (χ1) is 10.3. The average molecular weight is 306 g/mol. The highest BCUT2D eigenvalue weighted by Gasteiger charge is 2.20. The lowest BCUT2D eigenvalue weighted by Crippen LogP contribution is -2.36. The van der Waals surface area contributed by atoms with E-state index in [9.17, 15) is 9.59 Å². The van der Waals surface area contributed by atoms with Crippen LogP contribution in [-0.4, -0.2) is 25.0 Å². The molecule has 2 N–H and O–H groups in total. The van der Waals surface area contributed by atoms with Crippen LogP contribution in [0.3, 0.4) is 0 Å². The molecule has 0 heterocycles. The summed E-state index contributed by atoms with van der Waals surface area (Å²) >= 11 is 0. The van der Waals surface area contributed by atoms with Crippen LogP contribution in [0.4, 0.5) is 5.69 Å². The maximum absolute atomic E-state index is 12.0. The van der Waals surface area contributed by atoms with Crippen LogP contribution in [0.5, 0.6) is 0 Å². The molecular weight excluding hydrogens is 280 g/mol. The van der Waals surface area contributed by atoms with Crippen LogP contribution in [0.25, 0.3) is 0 Å². The topological polar surface area (TPSA) is 67.4 Å². The molecule has 0 spiro atoms. The predicted octanol–water partition coefficient (Wildman–Crippen LogP) is 2.71. The molecule has 0 aromatic heterocycles. The first-order valence-corrected chi connectivity index (χ1v) is 7.58. The number of carbonyl (C=O) groups is 2. The number of anilines is 1. The van der Waals surface area contributed by atoms with Gasteiger partial charge in [-0.15, -0.1) is 0 Å². The third-order valence-corrected chi connectivity index (χ3v) is 3.07. The van der Waals surface area contributed by atoms with Crippen molar-refractivity contribution >= 4 is 17.5 Å². The van der Waals surface area contributed by atoms with Crippen molar-refractivity contribution in [2.75, 3.05) is 18.5 Å². The number of benzene rings is 1. The molecule has 0 aliphatic heterocycles. The molecule has 5 heteroatoms. The number of rotatable bonds is 7. The average Bonchev–Trinajstić information content (AvgIpc) is 2.45. The van der Waals surface area contributed by atoms with E-state index in [2.05, 4.69) is 10.6 Å². The lowest BCUT2D eigenvalue weighted by molar-refractivity contribution is -0.128. The fourth-order valence-electron chi connectivity index (χ4n) is 1.75. The van der Waals surface area contributed by atoms with Gasteiger partial charge in [0.1, 0.15) is 0 Å². The normalized spacial score (nSPS) is 11.1. The summed E-state index contributed by atoms with van der Waals surface area (Å²) in [6.07, 6.45) is 0.241. The molecule has 0 aliphatic rings. The Hall–Kier alpha value is -1.88. The Morgan fingerprint density at radius 1 is 1.18 bits per heavy atom. The minimum atomic E-state index is -0.444. The highest BCUT2D eigenvalue weighted by atomic mass is 16.5. The van der Waals surface area contributed by atoms with Crippen molar-refractivity contribution in [2.45, 2.75) is 40.7 Å². The maximum Gasteiger partial charge on any atom is 0.226 e. The number of para-hydroxylation sites is 1. The minimum absolute atomic E-state index is 0.0583. The third kappa shape index (κ3) is 6.26. The number of ether oxygens (including phenoxy) is 1. The van der Waals surface area contributed by atoms with Gasteiger partial charge in [-0.05, 0) is 13.0 Å². The molecule has 0 atom stereocenters. The third-order valence-electron chi connectivity index (χ3n) is 3.07. The summed E-state index contributed by atoms with van der Waals surface area (Å²) in [6, 6.07) is 7.55. The van der Waals surface area contributed by atoms with Crippen molar-refractivity contribution in [1.29, 1.82) is 0 Å². The molecule has 0 saturated heterocycles. The molecule has 1 rings (SSSR count). The van der Waals surface area contributed by atoms with Crippen LogP contribution >= 0.6 is 0 Å². The SMILES string of the molecule is CCOCc1ccccc1NC(=O)CCNC(=O)C(C)(C)C. The van der Waals surface area contributed by atoms with Crippen molar-refractivity contribution in [3.8, 4) is 0 Å². The first kappa shape index (κ1) is 18.2. The molecule has 0 fully saturated rings. The summed E-state index contributed by atoms with van der Waals surface area (Å²) in [4.78, 5) is 23.7. The van der Waals surface area contributed by atoms with E-state index in [1.54, 1.807) is 0 Å². The maximum atomic E-state index is 12.0. The highest BCUT2D eigenvalue weighted by Crippen LogP contribution is 2.16. The molecule has 1 aromatic carbocycles. The standard InChI is InChI=1S/C17H26N2O3/c1-5-22-12-13-8-6-7-9-14(13)19-15(20)10-11-18-16(21)17(2,3)4/h6-9H,5,10-12H2,1-4H3,(H,18,21)(H,19,20). The van der Waals surface area contributed by atoms with Crippen molar-refractivity contribution in [3.63, 3.8) is 0 Å². The van der Waals surface area contributed by atoms with Gasteiger partial charge in [-0.2, -0.15) is 0 Å². The molecule has 0 unspecified atom stereocenters. The van der Waals surface area contributed by atoms with Gasteiger partial charge in [0.15, 0.2) is 0 Å². The minimum Gasteiger partial charge on any atom is -0.377 e. The van der Waals surface area contributed by atoms with Gasteiger partial charge in [0, 0.05) is 36.2 Å². The van der Waals surface area contributed by atoms with Crippen LogP contribution in [0.1, 0.15) is 39.7 Å². The van der Waals surface area contributed by atoms with Gasteiger partial charge in [0.2, 0.25) is 11.8 Å². The fourth-order valence-corrected chi connectivity index (χ4v) is 1.75. The number of hydrogen-bond donors (Lipinski definition) is 2. The van der Waals surface area contributed by atoms with E-state index < -0.39 is 5.41 Å². The second-order valence-electron chi connectivity index (χ2n) is 6.10. The molecule has 0 radical (unpaired) electrons. The summed E-state index contributed by atoms with van der Waals surface area (Å²) < 4.78 is 5.38. The van der Waals surface area contributed by atoms with Crippen LogP contribution in [0.15, 0.2) is 24.3 Å². The van der Waals surface area contributed by atoms with Crippen LogP contribution < -0.4 is 10.6 Å². The quantitative estimate of drug-likeness (QED) is 0.814. The van der Waals surface area contributed by atoms with Gasteiger partial charge in [-0.1, -0.05) is 39.0 Å². The second kappa shape index (κ2) is 8.54. The Kier molecular flexibility index (Phi) is 7.05. The number of nitrogens with one attached hydrogen (secondary N) is 2. The molecule has 0 saturated carbocycles. The molecule has 22 heavy (non-hydrogen) atoms. The Labute approximate surface area is 132 Å². The molecule has 0 bridgehead atoms. The molecular formula is C17H26N2O3. The van der Waals surface area contributed by atoms with E-state index >= 15 is 0 Å². The zero-order valence-corrected chi connectivity index (χ0v) is 13.9. The van der Waals surface area contributed by atoms with Crippen LogP contribution in [0.2, 0.25) is 0 Å². The summed E-state index contributed by atoms with van der Waals surface area (Å²) in [5.74, 6) is -0.185. The lowest BCUT2D eigenvalue weighted by atomic mass is 9.96. The lowest BCUT2D eigenvalue weighted by Gasteiger charge is -2.17. The number of carbonyl (C=O) groups excluding carboxylic acids is 2. The van der Waals surface area contributed by atoms with Gasteiger partial charge < -0.3 is 15.4 Å². The Bertz CT molecular complexity index is 507. The molecule has 0 aliphatic carbocycles. The summed E-state index contributed by atoms with van der Waals surface area (Å²) in [6.45, 7) is 8.87. The molecule has 2 amide bonds. The molecule has 5 nitrogen and oxygen atoms in total. The number of amides is 2. The fraction of sp³-hybridized carbons (Fsp3) is 0.529. The monoisotopic (exact) mass is 306 g/mol. The second-order valence-corrected chi connectivity index (χ2v) is 6.10. The summed E-state index contributed by atoms with van der Waals surface area (Å²) in [5.41, 5.74) is 1.25. The Morgan fingerprint density at radius 3 is 2.50 bits per heavy atom. The number of hydrogen-bond acceptors (Lipinski definition) is 3. The largest absolute Gasteiger partial charge is 0.377 e. The van der Waals surface area contributed by atoms with Gasteiger partial charge in [0.05, 0.1) is 6.61 Å². The van der Waals surface area contributed by atoms with Gasteiger partial charge in [-0.3, -0.25) is 9.59 Å². The zero-order valence-electron chi connectivity index (χ0n) is 13.9. The van der Waals surface area contributed by atoms with Crippen molar-refractivity contribution in [1.82, 2.24) is 5.32 Å². The van der Waals surface area contributed by atoms with E-state index in [0.717, 1.165) is 11.3 Å². The van der Waals surface area contributed by atoms with Crippen LogP contribution in [-0.2, 0) is 20.9 Å². The van der Waals surface area contributed by atoms with E-state index in [4.69, 9.17) is 4.74 Å². The van der Waals surface area contributed by atoms with Crippen LogP contribution in [0, 0.1) is 5.41 Å². The van der Waals surface area contributed by atoms with Gasteiger partial charge in [-0.25, -0.2) is 0 Å². The highest BCUT2D eigenvalue weighted by molar-refractivity contribution is 5.92. The summed E-state index contributed by atoms with van der Waals surface area (Å²) in [7, 11) is 0. The predicted molar refractivity (Wildman–Crippen MR) is 87.5 cm³/mol. The molecule has 1 aromatic rings. The Balaban J connectivity index is 2.47.